The minimum absolute atomic E-state index is 0.0114. The van der Waals surface area contributed by atoms with Gasteiger partial charge < -0.3 is 15.0 Å². The van der Waals surface area contributed by atoms with E-state index in [4.69, 9.17) is 4.74 Å². The van der Waals surface area contributed by atoms with Gasteiger partial charge in [-0.05, 0) is 45.0 Å². The lowest BCUT2D eigenvalue weighted by atomic mass is 9.88. The van der Waals surface area contributed by atoms with E-state index >= 15 is 0 Å². The number of nitrogens with one attached hydrogen (secondary N) is 1. The maximum absolute atomic E-state index is 13.4. The van der Waals surface area contributed by atoms with Crippen molar-refractivity contribution in [2.45, 2.75) is 32.5 Å². The molecule has 0 saturated heterocycles. The van der Waals surface area contributed by atoms with E-state index in [1.807, 2.05) is 6.92 Å². The van der Waals surface area contributed by atoms with E-state index < -0.39 is 22.9 Å². The van der Waals surface area contributed by atoms with E-state index in [0.717, 1.165) is 12.1 Å². The topological polar surface area (TPSA) is 63.6 Å². The molecule has 1 aliphatic rings. The summed E-state index contributed by atoms with van der Waals surface area (Å²) in [6.45, 7) is 5.77. The molecule has 2 amide bonds. The van der Waals surface area contributed by atoms with Crippen LogP contribution in [0.4, 0.5) is 18.0 Å². The summed E-state index contributed by atoms with van der Waals surface area (Å²) in [5.41, 5.74) is -1.38. The molecule has 1 aromatic heterocycles. The van der Waals surface area contributed by atoms with Crippen LogP contribution in [0.1, 0.15) is 31.9 Å². The Morgan fingerprint density at radius 3 is 2.55 bits per heavy atom. The zero-order valence-corrected chi connectivity index (χ0v) is 17.7. The van der Waals surface area contributed by atoms with Crippen LogP contribution < -0.4 is 15.6 Å². The first-order valence-electron chi connectivity index (χ1n) is 9.77. The number of benzene rings is 1. The van der Waals surface area contributed by atoms with E-state index in [9.17, 15) is 22.8 Å². The third-order valence-electron chi connectivity index (χ3n) is 5.24. The predicted octanol–water partition coefficient (Wildman–Crippen LogP) is 3.96. The van der Waals surface area contributed by atoms with Gasteiger partial charge in [0.1, 0.15) is 11.4 Å². The Bertz CT molecular complexity index is 1090. The van der Waals surface area contributed by atoms with Crippen molar-refractivity contribution in [2.24, 2.45) is 0 Å². The molecule has 0 radical (unpaired) electrons. The Morgan fingerprint density at radius 1 is 1.23 bits per heavy atom. The monoisotopic (exact) mass is 435 g/mol. The summed E-state index contributed by atoms with van der Waals surface area (Å²) in [4.78, 5) is 26.4. The Morgan fingerprint density at radius 2 is 1.94 bits per heavy atom. The van der Waals surface area contributed by atoms with Gasteiger partial charge in [0.2, 0.25) is 0 Å². The van der Waals surface area contributed by atoms with Crippen molar-refractivity contribution in [2.75, 3.05) is 20.1 Å². The second-order valence-electron chi connectivity index (χ2n) is 7.73. The van der Waals surface area contributed by atoms with Crippen LogP contribution in [-0.4, -0.2) is 41.2 Å². The van der Waals surface area contributed by atoms with Gasteiger partial charge in [0.15, 0.2) is 0 Å². The first-order valence-corrected chi connectivity index (χ1v) is 9.77. The van der Waals surface area contributed by atoms with Crippen LogP contribution in [0, 0.1) is 0 Å². The second-order valence-corrected chi connectivity index (χ2v) is 7.73. The van der Waals surface area contributed by atoms with Crippen LogP contribution in [0.5, 0.6) is 5.75 Å². The van der Waals surface area contributed by atoms with Crippen molar-refractivity contribution in [3.05, 3.63) is 69.6 Å². The lowest BCUT2D eigenvalue weighted by Gasteiger charge is -2.38. The molecule has 1 aromatic carbocycles. The van der Waals surface area contributed by atoms with Gasteiger partial charge in [-0.15, -0.1) is 0 Å². The van der Waals surface area contributed by atoms with Crippen molar-refractivity contribution >= 4 is 11.7 Å². The number of carbonyl (C=O) groups is 1. The van der Waals surface area contributed by atoms with E-state index in [1.165, 1.54) is 27.8 Å². The molecule has 1 aliphatic heterocycles. The summed E-state index contributed by atoms with van der Waals surface area (Å²) in [7, 11) is 1.62. The number of rotatable bonds is 4. The summed E-state index contributed by atoms with van der Waals surface area (Å²) in [6.07, 6.45) is -3.07. The van der Waals surface area contributed by atoms with Crippen molar-refractivity contribution in [1.29, 1.82) is 0 Å². The van der Waals surface area contributed by atoms with E-state index in [2.05, 4.69) is 5.32 Å². The number of halogens is 3. The maximum atomic E-state index is 13.4. The molecule has 0 atom stereocenters. The van der Waals surface area contributed by atoms with Crippen LogP contribution >= 0.6 is 0 Å². The molecule has 0 spiro atoms. The summed E-state index contributed by atoms with van der Waals surface area (Å²) in [6, 6.07) is 7.32. The first kappa shape index (κ1) is 22.5. The first-order chi connectivity index (χ1) is 14.5. The second kappa shape index (κ2) is 8.13. The van der Waals surface area contributed by atoms with Gasteiger partial charge in [-0.3, -0.25) is 9.36 Å². The zero-order chi connectivity index (χ0) is 23.0. The summed E-state index contributed by atoms with van der Waals surface area (Å²) < 4.78 is 47.5. The quantitative estimate of drug-likeness (QED) is 0.791. The number of alkyl halides is 3. The molecule has 0 bridgehead atoms. The maximum Gasteiger partial charge on any atom is 0.416 e. The molecular weight excluding hydrogens is 411 g/mol. The normalized spacial score (nSPS) is 15.2. The molecular formula is C22H24F3N3O3. The number of hydrogen-bond acceptors (Lipinski definition) is 3. The molecule has 0 fully saturated rings. The number of pyridine rings is 1. The number of hydrogen-bond donors (Lipinski definition) is 1. The Balaban J connectivity index is 2.25. The Labute approximate surface area is 177 Å². The molecule has 1 N–H and O–H groups in total. The highest BCUT2D eigenvalue weighted by Crippen LogP contribution is 2.43. The van der Waals surface area contributed by atoms with Gasteiger partial charge in [0.25, 0.3) is 5.56 Å². The number of nitrogens with zero attached hydrogens (tertiary/aromatic N) is 2. The smallest absolute Gasteiger partial charge is 0.416 e. The highest BCUT2D eigenvalue weighted by Gasteiger charge is 2.38. The van der Waals surface area contributed by atoms with Crippen LogP contribution in [-0.2, 0) is 6.18 Å². The van der Waals surface area contributed by atoms with Crippen LogP contribution in [0.3, 0.4) is 0 Å². The van der Waals surface area contributed by atoms with Crippen molar-refractivity contribution in [3.63, 3.8) is 0 Å². The number of urea groups is 1. The van der Waals surface area contributed by atoms with Crippen LogP contribution in [0.2, 0.25) is 0 Å². The molecule has 3 rings (SSSR count). The summed E-state index contributed by atoms with van der Waals surface area (Å²) in [5.74, 6) is 0.226. The summed E-state index contributed by atoms with van der Waals surface area (Å²) >= 11 is 0. The molecule has 2 heterocycles. The fourth-order valence-corrected chi connectivity index (χ4v) is 3.39. The molecule has 2 aromatic rings. The average Bonchev–Trinajstić information content (AvgIpc) is 2.70. The number of ether oxygens (including phenoxy) is 1. The van der Waals surface area contributed by atoms with Gasteiger partial charge in [-0.25, -0.2) is 4.79 Å². The zero-order valence-electron chi connectivity index (χ0n) is 17.7. The van der Waals surface area contributed by atoms with Crippen molar-refractivity contribution in [3.8, 4) is 5.75 Å². The predicted molar refractivity (Wildman–Crippen MR) is 111 cm³/mol. The van der Waals surface area contributed by atoms with Gasteiger partial charge in [-0.2, -0.15) is 13.2 Å². The fourth-order valence-electron chi connectivity index (χ4n) is 3.39. The lowest BCUT2D eigenvalue weighted by Crippen LogP contribution is -2.45. The molecule has 166 valence electrons. The Hall–Kier alpha value is -3.23. The van der Waals surface area contributed by atoms with E-state index in [0.29, 0.717) is 12.1 Å². The number of amides is 2. The van der Waals surface area contributed by atoms with Gasteiger partial charge in [0.05, 0.1) is 11.3 Å². The van der Waals surface area contributed by atoms with Crippen molar-refractivity contribution < 1.29 is 22.7 Å². The minimum Gasteiger partial charge on any atom is -0.483 e. The fraction of sp³-hybridized carbons (Fsp3) is 0.364. The Kier molecular flexibility index (Phi) is 5.89. The van der Waals surface area contributed by atoms with Crippen LogP contribution in [0.15, 0.2) is 53.0 Å². The number of fused-ring (bicyclic) bond motifs is 1. The third kappa shape index (κ3) is 4.45. The van der Waals surface area contributed by atoms with Crippen LogP contribution in [0.25, 0.3) is 5.70 Å². The lowest BCUT2D eigenvalue weighted by molar-refractivity contribution is -0.137. The molecule has 31 heavy (non-hydrogen) atoms. The van der Waals surface area contributed by atoms with Crippen molar-refractivity contribution in [1.82, 2.24) is 14.8 Å². The van der Waals surface area contributed by atoms with E-state index in [-0.39, 0.29) is 29.6 Å². The van der Waals surface area contributed by atoms with Gasteiger partial charge >= 0.3 is 12.2 Å². The molecule has 9 heteroatoms. The SMILES string of the molecule is CCN(C)C(=O)NCC1=C(n2ccccc2=O)c2cc(C(F)(F)F)ccc2OC1(C)C. The number of aromatic nitrogens is 1. The summed E-state index contributed by atoms with van der Waals surface area (Å²) in [5, 5.41) is 2.77. The number of carbonyl (C=O) groups excluding carboxylic acids is 1. The third-order valence-corrected chi connectivity index (χ3v) is 5.24. The molecule has 0 unspecified atom stereocenters. The standard InChI is InChI=1S/C22H24F3N3O3/c1-5-27(4)20(30)26-13-16-19(28-11-7-6-8-18(28)29)15-12-14(22(23,24)25)9-10-17(15)31-21(16,2)3/h6-12H,5,13H2,1-4H3,(H,26,30). The van der Waals surface area contributed by atoms with Gasteiger partial charge in [-0.1, -0.05) is 6.07 Å². The highest BCUT2D eigenvalue weighted by molar-refractivity contribution is 5.79. The highest BCUT2D eigenvalue weighted by atomic mass is 19.4. The largest absolute Gasteiger partial charge is 0.483 e. The molecule has 6 nitrogen and oxygen atoms in total. The molecule has 0 saturated carbocycles. The molecule has 0 aliphatic carbocycles. The average molecular weight is 435 g/mol. The van der Waals surface area contributed by atoms with Gasteiger partial charge in [0, 0.05) is 43.5 Å². The minimum atomic E-state index is -4.56. The van der Waals surface area contributed by atoms with E-state index in [1.54, 1.807) is 33.0 Å².